The van der Waals surface area contributed by atoms with Crippen LogP contribution in [-0.4, -0.2) is 17.5 Å². The number of hydrogen-bond acceptors (Lipinski definition) is 1. The van der Waals surface area contributed by atoms with Gasteiger partial charge in [-0.2, -0.15) is 0 Å². The van der Waals surface area contributed by atoms with Crippen LogP contribution in [0.15, 0.2) is 18.5 Å². The van der Waals surface area contributed by atoms with E-state index in [1.165, 1.54) is 0 Å². The molecule has 0 fully saturated rings. The van der Waals surface area contributed by atoms with Crippen LogP contribution in [-0.2, 0) is 6.54 Å². The van der Waals surface area contributed by atoms with Crippen molar-refractivity contribution in [2.24, 2.45) is 0 Å². The fourth-order valence-electron chi connectivity index (χ4n) is 1.93. The van der Waals surface area contributed by atoms with Crippen LogP contribution >= 0.6 is 0 Å². The molecule has 2 nitrogen and oxygen atoms in total. The van der Waals surface area contributed by atoms with Crippen molar-refractivity contribution < 1.29 is 8.78 Å². The molecule has 1 rings (SSSR count). The molecule has 0 saturated carbocycles. The van der Waals surface area contributed by atoms with Crippen molar-refractivity contribution in [1.82, 2.24) is 9.88 Å². The molecule has 0 spiro atoms. The van der Waals surface area contributed by atoms with Crippen LogP contribution in [0, 0.1) is 0 Å². The van der Waals surface area contributed by atoms with Gasteiger partial charge in [0.2, 0.25) is 0 Å². The number of nitrogens with one attached hydrogen (secondary N) is 1. The van der Waals surface area contributed by atoms with E-state index in [1.54, 1.807) is 10.8 Å². The zero-order valence-electron chi connectivity index (χ0n) is 10.6. The molecule has 98 valence electrons. The van der Waals surface area contributed by atoms with Crippen molar-refractivity contribution in [3.63, 3.8) is 0 Å². The third kappa shape index (κ3) is 4.86. The lowest BCUT2D eigenvalue weighted by atomic mass is 10.1. The van der Waals surface area contributed by atoms with E-state index in [1.807, 2.05) is 12.3 Å². The molecule has 0 aromatic carbocycles. The maximum absolute atomic E-state index is 12.2. The number of halogens is 2. The van der Waals surface area contributed by atoms with Gasteiger partial charge >= 0.3 is 0 Å². The number of nitrogens with zero attached hydrogens (tertiary/aromatic N) is 1. The minimum Gasteiger partial charge on any atom is -0.348 e. The molecule has 0 aliphatic heterocycles. The smallest absolute Gasteiger partial charge is 0.256 e. The summed E-state index contributed by atoms with van der Waals surface area (Å²) in [7, 11) is 0. The van der Waals surface area contributed by atoms with Crippen molar-refractivity contribution in [2.75, 3.05) is 6.54 Å². The van der Waals surface area contributed by atoms with Crippen molar-refractivity contribution in [3.8, 4) is 0 Å². The van der Waals surface area contributed by atoms with Gasteiger partial charge in [-0.1, -0.05) is 20.3 Å². The van der Waals surface area contributed by atoms with Gasteiger partial charge in [-0.05, 0) is 31.0 Å². The fraction of sp³-hybridized carbons (Fsp3) is 0.692. The molecule has 1 aromatic rings. The van der Waals surface area contributed by atoms with E-state index in [9.17, 15) is 8.78 Å². The number of rotatable bonds is 8. The summed E-state index contributed by atoms with van der Waals surface area (Å²) in [6.07, 6.45) is 4.48. The zero-order chi connectivity index (χ0) is 12.7. The Morgan fingerprint density at radius 2 is 2.06 bits per heavy atom. The summed E-state index contributed by atoms with van der Waals surface area (Å²) in [6.45, 7) is 5.01. The summed E-state index contributed by atoms with van der Waals surface area (Å²) < 4.78 is 26.1. The first-order valence-electron chi connectivity index (χ1n) is 6.34. The van der Waals surface area contributed by atoms with Crippen LogP contribution < -0.4 is 5.32 Å². The molecule has 0 aliphatic carbocycles. The molecule has 4 heteroatoms. The summed E-state index contributed by atoms with van der Waals surface area (Å²) in [5, 5.41) is 3.45. The molecule has 0 aliphatic rings. The quantitative estimate of drug-likeness (QED) is 0.739. The molecule has 1 N–H and O–H groups in total. The van der Waals surface area contributed by atoms with Crippen LogP contribution in [0.25, 0.3) is 0 Å². The van der Waals surface area contributed by atoms with Crippen LogP contribution in [0.1, 0.15) is 44.7 Å². The Hall–Kier alpha value is -0.900. The maximum atomic E-state index is 12.2. The minimum absolute atomic E-state index is 0.216. The largest absolute Gasteiger partial charge is 0.348 e. The molecule has 0 saturated heterocycles. The number of alkyl halides is 2. The molecule has 1 aromatic heterocycles. The standard InChI is InChI=1S/C13H22F2N2/c1-3-5-12(16-7-4-2)11-6-8-17(9-11)10-13(14)15/h6,8-9,12-13,16H,3-5,7,10H2,1-2H3. The van der Waals surface area contributed by atoms with Crippen molar-refractivity contribution in [2.45, 2.75) is 52.1 Å². The molecular formula is C13H22F2N2. The third-order valence-corrected chi connectivity index (χ3v) is 2.74. The SMILES string of the molecule is CCCNC(CCC)c1ccn(CC(F)F)c1. The van der Waals surface area contributed by atoms with Gasteiger partial charge in [-0.15, -0.1) is 0 Å². The Labute approximate surface area is 102 Å². The highest BCUT2D eigenvalue weighted by Gasteiger charge is 2.12. The Morgan fingerprint density at radius 3 is 2.65 bits per heavy atom. The first-order chi connectivity index (χ1) is 8.17. The second kappa shape index (κ2) is 7.43. The van der Waals surface area contributed by atoms with Gasteiger partial charge in [0.15, 0.2) is 0 Å². The first kappa shape index (κ1) is 14.2. The predicted octanol–water partition coefficient (Wildman–Crippen LogP) is 3.59. The van der Waals surface area contributed by atoms with Gasteiger partial charge in [0.05, 0.1) is 6.54 Å². The van der Waals surface area contributed by atoms with Crippen molar-refractivity contribution in [3.05, 3.63) is 24.0 Å². The van der Waals surface area contributed by atoms with Crippen LogP contribution in [0.3, 0.4) is 0 Å². The molecule has 17 heavy (non-hydrogen) atoms. The summed E-state index contributed by atoms with van der Waals surface area (Å²) in [5.74, 6) is 0. The van der Waals surface area contributed by atoms with Gasteiger partial charge in [0.25, 0.3) is 6.43 Å². The number of aromatic nitrogens is 1. The molecule has 0 radical (unpaired) electrons. The Morgan fingerprint density at radius 1 is 1.29 bits per heavy atom. The summed E-state index contributed by atoms with van der Waals surface area (Å²) in [6, 6.07) is 2.23. The highest BCUT2D eigenvalue weighted by atomic mass is 19.3. The van der Waals surface area contributed by atoms with Gasteiger partial charge < -0.3 is 9.88 Å². The second-order valence-corrected chi connectivity index (χ2v) is 4.33. The zero-order valence-corrected chi connectivity index (χ0v) is 10.6. The Bertz CT molecular complexity index is 310. The first-order valence-corrected chi connectivity index (χ1v) is 6.34. The van der Waals surface area contributed by atoms with Gasteiger partial charge in [-0.3, -0.25) is 0 Å². The monoisotopic (exact) mass is 244 g/mol. The topological polar surface area (TPSA) is 17.0 Å². The lowest BCUT2D eigenvalue weighted by Gasteiger charge is -2.16. The van der Waals surface area contributed by atoms with Crippen LogP contribution in [0.5, 0.6) is 0 Å². The van der Waals surface area contributed by atoms with E-state index in [4.69, 9.17) is 0 Å². The summed E-state index contributed by atoms with van der Waals surface area (Å²) >= 11 is 0. The highest BCUT2D eigenvalue weighted by Crippen LogP contribution is 2.19. The average Bonchev–Trinajstić information content (AvgIpc) is 2.71. The Balaban J connectivity index is 2.62. The lowest BCUT2D eigenvalue weighted by Crippen LogP contribution is -2.21. The van der Waals surface area contributed by atoms with Gasteiger partial charge in [-0.25, -0.2) is 8.78 Å². The molecule has 1 atom stereocenters. The number of hydrogen-bond donors (Lipinski definition) is 1. The summed E-state index contributed by atoms with van der Waals surface area (Å²) in [5.41, 5.74) is 1.11. The minimum atomic E-state index is -2.29. The van der Waals surface area contributed by atoms with Crippen LogP contribution in [0.4, 0.5) is 8.78 Å². The third-order valence-electron chi connectivity index (χ3n) is 2.74. The normalized spacial score (nSPS) is 13.2. The van der Waals surface area contributed by atoms with Crippen LogP contribution in [0.2, 0.25) is 0 Å². The molecule has 1 heterocycles. The van der Waals surface area contributed by atoms with E-state index in [0.29, 0.717) is 6.04 Å². The average molecular weight is 244 g/mol. The van der Waals surface area contributed by atoms with E-state index < -0.39 is 6.43 Å². The second-order valence-electron chi connectivity index (χ2n) is 4.33. The van der Waals surface area contributed by atoms with Gasteiger partial charge in [0, 0.05) is 18.4 Å². The van der Waals surface area contributed by atoms with E-state index in [2.05, 4.69) is 19.2 Å². The van der Waals surface area contributed by atoms with E-state index in [-0.39, 0.29) is 6.54 Å². The van der Waals surface area contributed by atoms with Gasteiger partial charge in [0.1, 0.15) is 0 Å². The molecular weight excluding hydrogens is 222 g/mol. The molecule has 0 amide bonds. The lowest BCUT2D eigenvalue weighted by molar-refractivity contribution is 0.126. The van der Waals surface area contributed by atoms with Crippen molar-refractivity contribution >= 4 is 0 Å². The molecule has 0 bridgehead atoms. The van der Waals surface area contributed by atoms with E-state index >= 15 is 0 Å². The van der Waals surface area contributed by atoms with E-state index in [0.717, 1.165) is 31.4 Å². The highest BCUT2D eigenvalue weighted by molar-refractivity contribution is 5.15. The summed E-state index contributed by atoms with van der Waals surface area (Å²) in [4.78, 5) is 0. The molecule has 1 unspecified atom stereocenters. The maximum Gasteiger partial charge on any atom is 0.256 e. The predicted molar refractivity (Wildman–Crippen MR) is 66.4 cm³/mol. The Kier molecular flexibility index (Phi) is 6.19. The fourth-order valence-corrected chi connectivity index (χ4v) is 1.93. The van der Waals surface area contributed by atoms with Crippen molar-refractivity contribution in [1.29, 1.82) is 0 Å².